The monoisotopic (exact) mass is 364 g/mol. The van der Waals surface area contributed by atoms with E-state index in [1.807, 2.05) is 24.3 Å². The van der Waals surface area contributed by atoms with Crippen LogP contribution in [0.3, 0.4) is 0 Å². The average molecular weight is 364 g/mol. The summed E-state index contributed by atoms with van der Waals surface area (Å²) in [7, 11) is -3.32. The number of rotatable bonds is 3. The van der Waals surface area contributed by atoms with Crippen molar-refractivity contribution in [3.05, 3.63) is 54.7 Å². The van der Waals surface area contributed by atoms with Crippen molar-refractivity contribution < 1.29 is 8.42 Å². The zero-order valence-corrected chi connectivity index (χ0v) is 14.6. The van der Waals surface area contributed by atoms with E-state index in [1.54, 1.807) is 18.2 Å². The van der Waals surface area contributed by atoms with Crippen molar-refractivity contribution in [2.24, 2.45) is 0 Å². The van der Waals surface area contributed by atoms with E-state index in [-0.39, 0.29) is 10.7 Å². The molecule has 0 atom stereocenters. The molecule has 4 aromatic rings. The van der Waals surface area contributed by atoms with E-state index in [4.69, 9.17) is 5.73 Å². The van der Waals surface area contributed by atoms with Crippen LogP contribution in [0.4, 0.5) is 5.82 Å². The van der Waals surface area contributed by atoms with Crippen molar-refractivity contribution in [3.63, 3.8) is 0 Å². The van der Waals surface area contributed by atoms with E-state index in [0.717, 1.165) is 17.3 Å². The summed E-state index contributed by atoms with van der Waals surface area (Å²) in [5.74, 6) is 0.442. The summed E-state index contributed by atoms with van der Waals surface area (Å²) < 4.78 is 23.6. The molecule has 8 heteroatoms. The molecule has 0 amide bonds. The Hall–Kier alpha value is -3.26. The lowest BCUT2D eigenvalue weighted by Gasteiger charge is -2.06. The number of nitrogens with one attached hydrogen (secondary N) is 2. The second-order valence-electron chi connectivity index (χ2n) is 5.86. The predicted molar refractivity (Wildman–Crippen MR) is 98.4 cm³/mol. The minimum absolute atomic E-state index is 0.00734. The number of sulfone groups is 1. The first-order valence-corrected chi connectivity index (χ1v) is 9.65. The molecule has 0 saturated heterocycles. The third kappa shape index (κ3) is 2.91. The molecule has 0 spiro atoms. The van der Waals surface area contributed by atoms with Crippen molar-refractivity contribution in [1.82, 2.24) is 25.7 Å². The lowest BCUT2D eigenvalue weighted by molar-refractivity contribution is 0.602. The summed E-state index contributed by atoms with van der Waals surface area (Å²) in [6, 6.07) is 14.0. The summed E-state index contributed by atoms with van der Waals surface area (Å²) in [4.78, 5) is 16.4. The summed E-state index contributed by atoms with van der Waals surface area (Å²) in [5.41, 5.74) is 11.1. The van der Waals surface area contributed by atoms with Crippen LogP contribution in [0, 0.1) is 0 Å². The van der Waals surface area contributed by atoms with Crippen LogP contribution in [0.15, 0.2) is 59.6 Å². The number of hydrogen-bond donors (Lipinski definition) is 1. The number of nitrogens with zero attached hydrogens (tertiary/aromatic N) is 3. The van der Waals surface area contributed by atoms with Crippen LogP contribution in [0.1, 0.15) is 0 Å². The molecule has 0 unspecified atom stereocenters. The number of aromatic amines is 1. The maximum atomic E-state index is 11.8. The van der Waals surface area contributed by atoms with E-state index in [9.17, 15) is 8.42 Å². The Morgan fingerprint density at radius 2 is 1.85 bits per heavy atom. The van der Waals surface area contributed by atoms with E-state index < -0.39 is 9.84 Å². The third-order valence-electron chi connectivity index (χ3n) is 3.94. The molecular weight excluding hydrogens is 350 g/mol. The first-order valence-electron chi connectivity index (χ1n) is 7.76. The van der Waals surface area contributed by atoms with Crippen LogP contribution in [-0.2, 0) is 9.84 Å². The molecule has 1 radical (unpaired) electrons. The molecule has 0 fully saturated rings. The Kier molecular flexibility index (Phi) is 3.69. The molecule has 2 aromatic carbocycles. The topological polar surface area (TPSA) is 112 Å². The van der Waals surface area contributed by atoms with Gasteiger partial charge in [0.05, 0.1) is 27.8 Å². The number of aromatic nitrogens is 4. The standard InChI is InChI=1S/C18H14N5O2S/c1-26(24,25)12-6-4-5-11(9-12)15-10-20-17(19)16(21-15)18-22-13-7-2-3-8-14(13)23-18/h2-10,19H,1H3,(H,22,23). The molecule has 26 heavy (non-hydrogen) atoms. The van der Waals surface area contributed by atoms with Crippen LogP contribution in [0.2, 0.25) is 0 Å². The first kappa shape index (κ1) is 16.2. The highest BCUT2D eigenvalue weighted by molar-refractivity contribution is 7.90. The summed E-state index contributed by atoms with van der Waals surface area (Å²) in [6.07, 6.45) is 2.61. The quantitative estimate of drug-likeness (QED) is 0.600. The molecule has 0 saturated carbocycles. The Balaban J connectivity index is 1.84. The third-order valence-corrected chi connectivity index (χ3v) is 5.05. The second-order valence-corrected chi connectivity index (χ2v) is 7.87. The van der Waals surface area contributed by atoms with Crippen molar-refractivity contribution in [2.75, 3.05) is 6.26 Å². The highest BCUT2D eigenvalue weighted by Gasteiger charge is 2.15. The van der Waals surface area contributed by atoms with Crippen LogP contribution >= 0.6 is 0 Å². The van der Waals surface area contributed by atoms with Gasteiger partial charge >= 0.3 is 0 Å². The van der Waals surface area contributed by atoms with Crippen molar-refractivity contribution in [2.45, 2.75) is 4.90 Å². The molecule has 129 valence electrons. The lowest BCUT2D eigenvalue weighted by atomic mass is 10.1. The Bertz CT molecular complexity index is 1200. The van der Waals surface area contributed by atoms with Gasteiger partial charge in [0.15, 0.2) is 27.2 Å². The highest BCUT2D eigenvalue weighted by atomic mass is 32.2. The van der Waals surface area contributed by atoms with Crippen molar-refractivity contribution in [3.8, 4) is 22.8 Å². The molecule has 2 heterocycles. The van der Waals surface area contributed by atoms with Gasteiger partial charge in [0.2, 0.25) is 0 Å². The zero-order chi connectivity index (χ0) is 18.3. The van der Waals surface area contributed by atoms with Gasteiger partial charge in [-0.1, -0.05) is 24.3 Å². The molecule has 0 aliphatic rings. The van der Waals surface area contributed by atoms with Gasteiger partial charge in [0.1, 0.15) is 0 Å². The summed E-state index contributed by atoms with van der Waals surface area (Å²) in [6.45, 7) is 0. The fourth-order valence-electron chi connectivity index (χ4n) is 2.64. The molecule has 2 N–H and O–H groups in total. The predicted octanol–water partition coefficient (Wildman–Crippen LogP) is 3.00. The van der Waals surface area contributed by atoms with Gasteiger partial charge in [-0.25, -0.2) is 23.4 Å². The molecule has 2 aromatic heterocycles. The van der Waals surface area contributed by atoms with E-state index >= 15 is 0 Å². The largest absolute Gasteiger partial charge is 0.337 e. The Labute approximate surface area is 149 Å². The van der Waals surface area contributed by atoms with E-state index in [1.165, 1.54) is 12.3 Å². The van der Waals surface area contributed by atoms with Crippen molar-refractivity contribution in [1.29, 1.82) is 0 Å². The number of H-pyrrole nitrogens is 1. The molecule has 0 aliphatic heterocycles. The number of para-hydroxylation sites is 2. The number of imidazole rings is 1. The van der Waals surface area contributed by atoms with Gasteiger partial charge in [-0.05, 0) is 24.3 Å². The van der Waals surface area contributed by atoms with Gasteiger partial charge < -0.3 is 4.98 Å². The minimum Gasteiger partial charge on any atom is -0.337 e. The average Bonchev–Trinajstić information content (AvgIpc) is 3.05. The maximum Gasteiger partial charge on any atom is 0.175 e. The van der Waals surface area contributed by atoms with Crippen LogP contribution in [-0.4, -0.2) is 34.6 Å². The normalized spacial score (nSPS) is 11.7. The summed E-state index contributed by atoms with van der Waals surface area (Å²) >= 11 is 0. The van der Waals surface area contributed by atoms with Crippen molar-refractivity contribution >= 4 is 26.7 Å². The first-order chi connectivity index (χ1) is 12.4. The van der Waals surface area contributed by atoms with Gasteiger partial charge in [-0.2, -0.15) is 0 Å². The van der Waals surface area contributed by atoms with Gasteiger partial charge in [0.25, 0.3) is 0 Å². The lowest BCUT2D eigenvalue weighted by Crippen LogP contribution is -1.98. The molecule has 0 aliphatic carbocycles. The smallest absolute Gasteiger partial charge is 0.175 e. The Morgan fingerprint density at radius 1 is 1.04 bits per heavy atom. The molecular formula is C18H14N5O2S. The number of hydrogen-bond acceptors (Lipinski definition) is 5. The molecule has 0 bridgehead atoms. The number of fused-ring (bicyclic) bond motifs is 1. The van der Waals surface area contributed by atoms with E-state index in [2.05, 4.69) is 19.9 Å². The fourth-order valence-corrected chi connectivity index (χ4v) is 3.31. The van der Waals surface area contributed by atoms with Crippen LogP contribution in [0.5, 0.6) is 0 Å². The van der Waals surface area contributed by atoms with Crippen LogP contribution < -0.4 is 5.73 Å². The minimum atomic E-state index is -3.32. The van der Waals surface area contributed by atoms with Gasteiger partial charge in [0, 0.05) is 11.8 Å². The second kappa shape index (κ2) is 5.92. The maximum absolute atomic E-state index is 11.8. The van der Waals surface area contributed by atoms with Gasteiger partial charge in [-0.15, -0.1) is 0 Å². The van der Waals surface area contributed by atoms with Crippen LogP contribution in [0.25, 0.3) is 33.8 Å². The Morgan fingerprint density at radius 3 is 2.62 bits per heavy atom. The fraction of sp³-hybridized carbons (Fsp3) is 0.0556. The van der Waals surface area contributed by atoms with E-state index in [0.29, 0.717) is 22.8 Å². The number of benzene rings is 2. The summed E-state index contributed by atoms with van der Waals surface area (Å²) in [5, 5.41) is 0. The zero-order valence-electron chi connectivity index (χ0n) is 13.8. The van der Waals surface area contributed by atoms with Gasteiger partial charge in [-0.3, -0.25) is 5.73 Å². The molecule has 4 rings (SSSR count). The highest BCUT2D eigenvalue weighted by Crippen LogP contribution is 2.27. The molecule has 7 nitrogen and oxygen atoms in total. The SMILES string of the molecule is CS(=O)(=O)c1cccc(-c2cnc([NH])c(-c3nc4ccccc4[nH]3)n2)c1.